The maximum absolute atomic E-state index is 9.10. The van der Waals surface area contributed by atoms with E-state index in [1.807, 2.05) is 11.3 Å². The molecule has 0 aromatic carbocycles. The molecule has 0 bridgehead atoms. The van der Waals surface area contributed by atoms with Gasteiger partial charge in [-0.3, -0.25) is 0 Å². The van der Waals surface area contributed by atoms with Crippen molar-refractivity contribution in [3.8, 4) is 5.88 Å². The van der Waals surface area contributed by atoms with Crippen LogP contribution in [-0.2, 0) is 22.6 Å². The summed E-state index contributed by atoms with van der Waals surface area (Å²) in [7, 11) is 2.13. The van der Waals surface area contributed by atoms with E-state index in [1.54, 1.807) is 0 Å². The number of hydrogen-bond donors (Lipinski definition) is 2. The van der Waals surface area contributed by atoms with Crippen LogP contribution in [0.5, 0.6) is 5.88 Å². The summed E-state index contributed by atoms with van der Waals surface area (Å²) in [5, 5.41) is 14.8. The van der Waals surface area contributed by atoms with Gasteiger partial charge in [-0.05, 0) is 37.6 Å². The van der Waals surface area contributed by atoms with Gasteiger partial charge in [0.05, 0.1) is 11.7 Å². The van der Waals surface area contributed by atoms with E-state index in [0.717, 1.165) is 31.6 Å². The van der Waals surface area contributed by atoms with Gasteiger partial charge >= 0.3 is 11.9 Å². The number of carboxylic acids is 2. The minimum atomic E-state index is -1.82. The zero-order valence-corrected chi connectivity index (χ0v) is 17.4. The Balaban J connectivity index is 0.000000409. The van der Waals surface area contributed by atoms with Gasteiger partial charge in [-0.15, -0.1) is 15.7 Å². The molecule has 0 unspecified atom stereocenters. The lowest BCUT2D eigenvalue weighted by molar-refractivity contribution is -0.159. The molecule has 0 atom stereocenters. The van der Waals surface area contributed by atoms with Gasteiger partial charge in [-0.1, -0.05) is 19.4 Å². The van der Waals surface area contributed by atoms with Crippen molar-refractivity contribution in [2.75, 3.05) is 20.1 Å². The van der Waals surface area contributed by atoms with E-state index in [4.69, 9.17) is 24.5 Å². The molecule has 3 rings (SSSR count). The van der Waals surface area contributed by atoms with Crippen LogP contribution < -0.4 is 4.74 Å². The third kappa shape index (κ3) is 6.70. The molecule has 2 aromatic heterocycles. The number of rotatable bonds is 6. The Morgan fingerprint density at radius 2 is 1.93 bits per heavy atom. The molecule has 1 aliphatic rings. The summed E-state index contributed by atoms with van der Waals surface area (Å²) in [6.45, 7) is 4.81. The van der Waals surface area contributed by atoms with Crippen molar-refractivity contribution in [1.29, 1.82) is 0 Å². The highest BCUT2D eigenvalue weighted by Crippen LogP contribution is 2.28. The summed E-state index contributed by atoms with van der Waals surface area (Å²) in [6.07, 6.45) is 5.65. The van der Waals surface area contributed by atoms with E-state index in [1.165, 1.54) is 33.5 Å². The van der Waals surface area contributed by atoms with Gasteiger partial charge in [0, 0.05) is 22.8 Å². The number of thiophene rings is 1. The minimum Gasteiger partial charge on any atom is -0.473 e. The Labute approximate surface area is 171 Å². The number of ether oxygens (including phenoxy) is 1. The number of likely N-dealkylation sites (N-methyl/N-ethyl adjacent to an activating group) is 1. The molecular formula is C18H23N3O5S2. The fraction of sp³-hybridized carbons (Fsp3) is 0.444. The van der Waals surface area contributed by atoms with Crippen molar-refractivity contribution in [3.63, 3.8) is 0 Å². The predicted octanol–water partition coefficient (Wildman–Crippen LogP) is 3.01. The number of aromatic nitrogens is 2. The molecule has 0 saturated carbocycles. The SMILES string of the molecule is CCCc1ccc(COc2nsnc2C2=CCCN(C)C2)s1.O=C(O)C(=O)O. The largest absolute Gasteiger partial charge is 0.473 e. The van der Waals surface area contributed by atoms with Crippen molar-refractivity contribution in [1.82, 2.24) is 13.6 Å². The van der Waals surface area contributed by atoms with Gasteiger partial charge in [0.2, 0.25) is 0 Å². The average molecular weight is 426 g/mol. The highest BCUT2D eigenvalue weighted by Gasteiger charge is 2.18. The highest BCUT2D eigenvalue weighted by atomic mass is 32.1. The molecule has 0 aliphatic carbocycles. The summed E-state index contributed by atoms with van der Waals surface area (Å²) < 4.78 is 14.7. The quantitative estimate of drug-likeness (QED) is 0.679. The van der Waals surface area contributed by atoms with Crippen molar-refractivity contribution in [3.05, 3.63) is 33.7 Å². The van der Waals surface area contributed by atoms with E-state index in [-0.39, 0.29) is 0 Å². The Morgan fingerprint density at radius 3 is 2.57 bits per heavy atom. The van der Waals surface area contributed by atoms with Crippen LogP contribution in [0.2, 0.25) is 0 Å². The summed E-state index contributed by atoms with van der Waals surface area (Å²) >= 11 is 3.06. The Morgan fingerprint density at radius 1 is 1.21 bits per heavy atom. The molecule has 0 fully saturated rings. The molecule has 2 N–H and O–H groups in total. The first-order valence-corrected chi connectivity index (χ1v) is 10.3. The van der Waals surface area contributed by atoms with E-state index >= 15 is 0 Å². The molecule has 8 nitrogen and oxygen atoms in total. The third-order valence-electron chi connectivity index (χ3n) is 3.85. The van der Waals surface area contributed by atoms with Crippen LogP contribution >= 0.6 is 23.1 Å². The van der Waals surface area contributed by atoms with E-state index in [9.17, 15) is 0 Å². The van der Waals surface area contributed by atoms with Gasteiger partial charge in [0.15, 0.2) is 0 Å². The molecule has 1 aliphatic heterocycles. The van der Waals surface area contributed by atoms with Gasteiger partial charge in [0.25, 0.3) is 5.88 Å². The molecule has 0 amide bonds. The van der Waals surface area contributed by atoms with Crippen molar-refractivity contribution in [2.24, 2.45) is 0 Å². The minimum absolute atomic E-state index is 0.579. The number of aryl methyl sites for hydroxylation is 1. The standard InChI is InChI=1S/C16H21N3OS2.C2H2O4/c1-3-5-13-7-8-14(21-13)11-20-16-15(17-22-18-16)12-6-4-9-19(2)10-12;3-1(4)2(5)6/h6-8H,3-5,9-11H2,1-2H3;(H,3,4)(H,5,6). The number of nitrogens with zero attached hydrogens (tertiary/aromatic N) is 3. The molecular weight excluding hydrogens is 402 g/mol. The van der Waals surface area contributed by atoms with E-state index in [0.29, 0.717) is 12.5 Å². The summed E-state index contributed by atoms with van der Waals surface area (Å²) in [6, 6.07) is 4.36. The monoisotopic (exact) mass is 425 g/mol. The number of hydrogen-bond acceptors (Lipinski definition) is 8. The van der Waals surface area contributed by atoms with Crippen LogP contribution in [0, 0.1) is 0 Å². The normalized spacial score (nSPS) is 14.0. The molecule has 10 heteroatoms. The lowest BCUT2D eigenvalue weighted by atomic mass is 10.1. The van der Waals surface area contributed by atoms with Crippen molar-refractivity contribution < 1.29 is 24.5 Å². The van der Waals surface area contributed by atoms with Crippen LogP contribution in [0.4, 0.5) is 0 Å². The third-order valence-corrected chi connectivity index (χ3v) is 5.48. The van der Waals surface area contributed by atoms with E-state index < -0.39 is 11.9 Å². The van der Waals surface area contributed by atoms with Crippen molar-refractivity contribution in [2.45, 2.75) is 32.8 Å². The van der Waals surface area contributed by atoms with Crippen LogP contribution in [0.1, 0.15) is 35.2 Å². The van der Waals surface area contributed by atoms with Crippen LogP contribution in [0.3, 0.4) is 0 Å². The Bertz CT molecular complexity index is 819. The van der Waals surface area contributed by atoms with E-state index in [2.05, 4.69) is 45.8 Å². The lowest BCUT2D eigenvalue weighted by Crippen LogP contribution is -2.25. The second-order valence-corrected chi connectivity index (χ2v) is 7.97. The average Bonchev–Trinajstić information content (AvgIpc) is 3.30. The van der Waals surface area contributed by atoms with Crippen molar-refractivity contribution >= 4 is 40.6 Å². The fourth-order valence-electron chi connectivity index (χ4n) is 2.56. The zero-order chi connectivity index (χ0) is 20.5. The summed E-state index contributed by atoms with van der Waals surface area (Å²) in [5.74, 6) is -2.97. The topological polar surface area (TPSA) is 113 Å². The molecule has 152 valence electrons. The number of aliphatic carboxylic acids is 2. The predicted molar refractivity (Wildman–Crippen MR) is 108 cm³/mol. The van der Waals surface area contributed by atoms with Gasteiger partial charge in [0.1, 0.15) is 12.3 Å². The number of carboxylic acid groups (broad SMARTS) is 2. The first-order valence-electron chi connectivity index (χ1n) is 8.77. The molecule has 0 spiro atoms. The lowest BCUT2D eigenvalue weighted by Gasteiger charge is -2.22. The molecule has 2 aromatic rings. The van der Waals surface area contributed by atoms with Crippen LogP contribution in [0.15, 0.2) is 18.2 Å². The van der Waals surface area contributed by atoms with Gasteiger partial charge < -0.3 is 19.8 Å². The molecule has 3 heterocycles. The van der Waals surface area contributed by atoms with Crippen LogP contribution in [-0.4, -0.2) is 55.9 Å². The summed E-state index contributed by atoms with van der Waals surface area (Å²) in [4.78, 5) is 23.2. The maximum Gasteiger partial charge on any atom is 0.414 e. The Kier molecular flexibility index (Phi) is 8.55. The smallest absolute Gasteiger partial charge is 0.414 e. The second kappa shape index (κ2) is 10.9. The van der Waals surface area contributed by atoms with Crippen LogP contribution in [0.25, 0.3) is 5.57 Å². The first-order chi connectivity index (χ1) is 13.4. The van der Waals surface area contributed by atoms with Gasteiger partial charge in [-0.2, -0.15) is 4.37 Å². The number of carbonyl (C=O) groups is 2. The van der Waals surface area contributed by atoms with Gasteiger partial charge in [-0.25, -0.2) is 9.59 Å². The fourth-order valence-corrected chi connectivity index (χ4v) is 4.12. The summed E-state index contributed by atoms with van der Waals surface area (Å²) in [5.41, 5.74) is 2.15. The second-order valence-electron chi connectivity index (χ2n) is 6.19. The molecule has 28 heavy (non-hydrogen) atoms. The molecule has 0 saturated heterocycles. The highest BCUT2D eigenvalue weighted by molar-refractivity contribution is 7.11. The maximum atomic E-state index is 9.10. The first kappa shape index (κ1) is 22.0. The zero-order valence-electron chi connectivity index (χ0n) is 15.8. The molecule has 0 radical (unpaired) electrons. The Hall–Kier alpha value is -2.30.